The Labute approximate surface area is 263 Å². The Balaban J connectivity index is 1.54. The highest BCUT2D eigenvalue weighted by molar-refractivity contribution is 7.07. The lowest BCUT2D eigenvalue weighted by Crippen LogP contribution is -2.39. The number of hydrogen-bond acceptors (Lipinski definition) is 7. The van der Waals surface area contributed by atoms with E-state index in [1.165, 1.54) is 11.3 Å². The van der Waals surface area contributed by atoms with Crippen LogP contribution in [0.25, 0.3) is 6.08 Å². The summed E-state index contributed by atoms with van der Waals surface area (Å²) in [5, 5.41) is 1.07. The van der Waals surface area contributed by atoms with Crippen LogP contribution in [0.3, 0.4) is 0 Å². The van der Waals surface area contributed by atoms with E-state index >= 15 is 0 Å². The van der Waals surface area contributed by atoms with Crippen LogP contribution in [0.4, 0.5) is 0 Å². The molecule has 1 aliphatic rings. The first kappa shape index (κ1) is 30.6. The average molecular weight is 638 g/mol. The Bertz CT molecular complexity index is 1890. The van der Waals surface area contributed by atoms with Gasteiger partial charge < -0.3 is 14.2 Å². The fourth-order valence-electron chi connectivity index (χ4n) is 4.80. The molecule has 0 saturated heterocycles. The number of carbonyl (C=O) groups is 1. The van der Waals surface area contributed by atoms with E-state index < -0.39 is 12.0 Å². The normalized spacial score (nSPS) is 14.7. The van der Waals surface area contributed by atoms with E-state index in [1.807, 2.05) is 56.3 Å². The van der Waals surface area contributed by atoms with Crippen molar-refractivity contribution in [2.45, 2.75) is 40.3 Å². The Kier molecular flexibility index (Phi) is 9.40. The molecule has 0 radical (unpaired) electrons. The van der Waals surface area contributed by atoms with Crippen molar-refractivity contribution in [1.29, 1.82) is 0 Å². The monoisotopic (exact) mass is 636 g/mol. The minimum atomic E-state index is -0.660. The van der Waals surface area contributed by atoms with Gasteiger partial charge in [-0.3, -0.25) is 9.36 Å². The zero-order chi connectivity index (χ0) is 30.7. The lowest BCUT2D eigenvalue weighted by Gasteiger charge is -2.24. The Morgan fingerprint density at radius 3 is 2.44 bits per heavy atom. The second-order valence-corrected chi connectivity index (χ2v) is 11.7. The van der Waals surface area contributed by atoms with Crippen LogP contribution in [-0.4, -0.2) is 23.8 Å². The lowest BCUT2D eigenvalue weighted by molar-refractivity contribution is -0.139. The molecule has 222 valence electrons. The maximum Gasteiger partial charge on any atom is 0.338 e. The van der Waals surface area contributed by atoms with Gasteiger partial charge in [-0.1, -0.05) is 76.5 Å². The summed E-state index contributed by atoms with van der Waals surface area (Å²) < 4.78 is 19.3. The number of carbonyl (C=O) groups excluding carboxylic acids is 1. The summed E-state index contributed by atoms with van der Waals surface area (Å²) in [6, 6.07) is 17.9. The van der Waals surface area contributed by atoms with E-state index in [0.29, 0.717) is 48.8 Å². The lowest BCUT2D eigenvalue weighted by atomic mass is 9.95. The van der Waals surface area contributed by atoms with Gasteiger partial charge in [-0.05, 0) is 69.2 Å². The van der Waals surface area contributed by atoms with Crippen molar-refractivity contribution in [2.24, 2.45) is 4.99 Å². The molecule has 5 rings (SSSR count). The molecule has 0 spiro atoms. The molecule has 3 aromatic carbocycles. The van der Waals surface area contributed by atoms with Crippen LogP contribution in [0.2, 0.25) is 10.0 Å². The van der Waals surface area contributed by atoms with Gasteiger partial charge in [-0.25, -0.2) is 9.79 Å². The number of nitrogens with zero attached hydrogens (tertiary/aromatic N) is 2. The number of benzene rings is 3. The van der Waals surface area contributed by atoms with E-state index in [-0.39, 0.29) is 18.8 Å². The molecule has 1 atom stereocenters. The summed E-state index contributed by atoms with van der Waals surface area (Å²) in [5.74, 6) is 0.591. The van der Waals surface area contributed by atoms with E-state index in [2.05, 4.69) is 4.99 Å². The number of aromatic nitrogens is 1. The van der Waals surface area contributed by atoms with E-state index in [0.717, 1.165) is 22.3 Å². The number of rotatable bonds is 9. The second kappa shape index (κ2) is 13.2. The van der Waals surface area contributed by atoms with E-state index in [9.17, 15) is 9.59 Å². The predicted molar refractivity (Wildman–Crippen MR) is 170 cm³/mol. The molecule has 4 aromatic rings. The molecule has 0 bridgehead atoms. The summed E-state index contributed by atoms with van der Waals surface area (Å²) in [6.45, 7) is 8.28. The van der Waals surface area contributed by atoms with Crippen LogP contribution in [0.15, 0.2) is 81.7 Å². The third-order valence-corrected chi connectivity index (χ3v) is 8.44. The number of ether oxygens (including phenoxy) is 3. The first-order valence-corrected chi connectivity index (χ1v) is 15.4. The molecule has 1 aromatic heterocycles. The first-order chi connectivity index (χ1) is 20.7. The minimum Gasteiger partial charge on any atom is -0.490 e. The van der Waals surface area contributed by atoms with Gasteiger partial charge in [0.15, 0.2) is 16.3 Å². The number of aryl methyl sites for hydroxylation is 1. The second-order valence-electron chi connectivity index (χ2n) is 9.88. The smallest absolute Gasteiger partial charge is 0.338 e. The van der Waals surface area contributed by atoms with Crippen molar-refractivity contribution in [3.8, 4) is 11.5 Å². The summed E-state index contributed by atoms with van der Waals surface area (Å²) in [7, 11) is 0. The first-order valence-electron chi connectivity index (χ1n) is 13.8. The van der Waals surface area contributed by atoms with Crippen LogP contribution in [-0.2, 0) is 16.1 Å². The Hall–Kier alpha value is -3.85. The molecule has 0 unspecified atom stereocenters. The fraction of sp³-hybridized carbons (Fsp3) is 0.242. The number of halogens is 2. The molecule has 10 heteroatoms. The topological polar surface area (TPSA) is 79.1 Å². The molecular formula is C33H30Cl2N2O5S. The zero-order valence-electron chi connectivity index (χ0n) is 24.1. The molecule has 7 nitrogen and oxygen atoms in total. The molecule has 1 aliphatic heterocycles. The molecule has 2 heterocycles. The number of fused-ring (bicyclic) bond motifs is 1. The summed E-state index contributed by atoms with van der Waals surface area (Å²) in [5.41, 5.74) is 4.04. The molecule has 0 N–H and O–H groups in total. The number of esters is 1. The maximum absolute atomic E-state index is 13.9. The summed E-state index contributed by atoms with van der Waals surface area (Å²) in [4.78, 5) is 32.2. The number of allylic oxidation sites excluding steroid dienone is 1. The van der Waals surface area contributed by atoms with Crippen molar-refractivity contribution in [1.82, 2.24) is 4.57 Å². The Morgan fingerprint density at radius 2 is 1.74 bits per heavy atom. The maximum atomic E-state index is 13.9. The van der Waals surface area contributed by atoms with Crippen molar-refractivity contribution in [3.63, 3.8) is 0 Å². The van der Waals surface area contributed by atoms with Crippen LogP contribution in [0, 0.1) is 6.92 Å². The van der Waals surface area contributed by atoms with Gasteiger partial charge in [0.25, 0.3) is 5.56 Å². The minimum absolute atomic E-state index is 0.218. The zero-order valence-corrected chi connectivity index (χ0v) is 26.5. The van der Waals surface area contributed by atoms with Gasteiger partial charge in [-0.2, -0.15) is 0 Å². The van der Waals surface area contributed by atoms with Crippen LogP contribution in [0.5, 0.6) is 11.5 Å². The summed E-state index contributed by atoms with van der Waals surface area (Å²) in [6.07, 6.45) is 1.79. The van der Waals surface area contributed by atoms with Crippen LogP contribution >= 0.6 is 34.5 Å². The van der Waals surface area contributed by atoms with E-state index in [4.69, 9.17) is 37.4 Å². The predicted octanol–water partition coefficient (Wildman–Crippen LogP) is 6.39. The fourth-order valence-corrected chi connectivity index (χ4v) is 6.31. The molecular weight excluding hydrogens is 607 g/mol. The quantitative estimate of drug-likeness (QED) is 0.199. The molecule has 0 saturated carbocycles. The average Bonchev–Trinajstić information content (AvgIpc) is 3.27. The van der Waals surface area contributed by atoms with Crippen molar-refractivity contribution >= 4 is 46.6 Å². The Morgan fingerprint density at radius 1 is 0.977 bits per heavy atom. The molecule has 0 amide bonds. The number of thiazole rings is 1. The standard InChI is InChI=1S/C33H30Cl2N2O5S/c1-5-40-27-15-21(9-14-26(27)42-18-23-12-13-24(34)17-25(23)35)16-28-31(38)37-30(22-10-7-19(3)8-11-22)29(32(39)41-6-2)20(4)36-33(37)43-28/h7-17,30H,5-6,18H2,1-4H3/b28-16-/t30-/m1/s1. The van der Waals surface area contributed by atoms with Gasteiger partial charge in [0.2, 0.25) is 0 Å². The highest BCUT2D eigenvalue weighted by atomic mass is 35.5. The molecule has 0 fully saturated rings. The van der Waals surface area contributed by atoms with Gasteiger partial charge >= 0.3 is 5.97 Å². The molecule has 43 heavy (non-hydrogen) atoms. The number of hydrogen-bond donors (Lipinski definition) is 0. The van der Waals surface area contributed by atoms with Crippen molar-refractivity contribution < 1.29 is 19.0 Å². The molecule has 0 aliphatic carbocycles. The van der Waals surface area contributed by atoms with Gasteiger partial charge in [0.05, 0.1) is 35.1 Å². The van der Waals surface area contributed by atoms with Gasteiger partial charge in [0.1, 0.15) is 6.61 Å². The van der Waals surface area contributed by atoms with Crippen molar-refractivity contribution in [3.05, 3.63) is 124 Å². The van der Waals surface area contributed by atoms with Gasteiger partial charge in [0, 0.05) is 15.6 Å². The summed E-state index contributed by atoms with van der Waals surface area (Å²) >= 11 is 13.6. The largest absolute Gasteiger partial charge is 0.490 e. The third-order valence-electron chi connectivity index (χ3n) is 6.87. The highest BCUT2D eigenvalue weighted by Gasteiger charge is 2.33. The van der Waals surface area contributed by atoms with Gasteiger partial charge in [-0.15, -0.1) is 0 Å². The van der Waals surface area contributed by atoms with Crippen molar-refractivity contribution in [2.75, 3.05) is 13.2 Å². The SMILES string of the molecule is CCOC(=O)C1=C(C)N=c2s/c(=C\c3ccc(OCc4ccc(Cl)cc4Cl)c(OCC)c3)c(=O)n2[C@@H]1c1ccc(C)cc1. The highest BCUT2D eigenvalue weighted by Crippen LogP contribution is 2.32. The third kappa shape index (κ3) is 6.56. The van der Waals surface area contributed by atoms with Crippen LogP contribution < -0.4 is 24.4 Å². The van der Waals surface area contributed by atoms with E-state index in [1.54, 1.807) is 42.7 Å². The van der Waals surface area contributed by atoms with Crippen LogP contribution in [0.1, 0.15) is 49.1 Å².